The number of nitrogens with zero attached hydrogens (tertiary/aromatic N) is 5. The van der Waals surface area contributed by atoms with Crippen LogP contribution in [0, 0.1) is 0 Å². The monoisotopic (exact) mass is 491 g/mol. The van der Waals surface area contributed by atoms with Crippen molar-refractivity contribution in [3.63, 3.8) is 0 Å². The number of rotatable bonds is 3. The topological polar surface area (TPSA) is 98.9 Å². The number of ether oxygens (including phenoxy) is 1. The van der Waals surface area contributed by atoms with E-state index in [0.29, 0.717) is 35.1 Å². The largest absolute Gasteiger partial charge is 0.439 e. The van der Waals surface area contributed by atoms with Crippen LogP contribution in [0.4, 0.5) is 10.6 Å². The molecule has 0 radical (unpaired) electrons. The highest BCUT2D eigenvalue weighted by atomic mass is 35.5. The number of amides is 1. The Morgan fingerprint density at radius 3 is 2.97 bits per heavy atom. The third kappa shape index (κ3) is 3.75. The predicted molar refractivity (Wildman–Crippen MR) is 133 cm³/mol. The Morgan fingerprint density at radius 2 is 2.14 bits per heavy atom. The molecule has 0 saturated heterocycles. The molecular formula is C25H26ClN7O2. The number of hydrogen-bond acceptors (Lipinski definition) is 6. The van der Waals surface area contributed by atoms with E-state index in [4.69, 9.17) is 16.3 Å². The van der Waals surface area contributed by atoms with E-state index in [1.165, 1.54) is 6.33 Å². The van der Waals surface area contributed by atoms with Gasteiger partial charge in [-0.1, -0.05) is 25.4 Å². The first-order valence-corrected chi connectivity index (χ1v) is 12.1. The molecule has 1 atom stereocenters. The van der Waals surface area contributed by atoms with E-state index in [1.807, 2.05) is 28.9 Å². The molecule has 3 aromatic heterocycles. The molecule has 0 bridgehead atoms. The number of carbonyl (C=O) groups excluding carboxylic acids is 1. The number of aromatic nitrogens is 5. The number of halogens is 1. The van der Waals surface area contributed by atoms with E-state index < -0.39 is 0 Å². The first-order valence-electron chi connectivity index (χ1n) is 11.7. The van der Waals surface area contributed by atoms with Gasteiger partial charge in [0.25, 0.3) is 0 Å². The van der Waals surface area contributed by atoms with Gasteiger partial charge in [0.05, 0.1) is 16.9 Å². The summed E-state index contributed by atoms with van der Waals surface area (Å²) >= 11 is 6.60. The number of aryl methyl sites for hydroxylation is 1. The number of carbonyl (C=O) groups is 1. The van der Waals surface area contributed by atoms with E-state index in [9.17, 15) is 4.79 Å². The fraction of sp³-hybridized carbons (Fsp3) is 0.360. The van der Waals surface area contributed by atoms with Gasteiger partial charge in [-0.2, -0.15) is 5.10 Å². The van der Waals surface area contributed by atoms with Crippen LogP contribution < -0.4 is 15.4 Å². The van der Waals surface area contributed by atoms with Crippen LogP contribution >= 0.6 is 11.6 Å². The Hall–Kier alpha value is -3.43. The van der Waals surface area contributed by atoms with Crippen LogP contribution in [0.1, 0.15) is 44.1 Å². The molecule has 4 aromatic rings. The van der Waals surface area contributed by atoms with Crippen molar-refractivity contribution in [3.05, 3.63) is 58.8 Å². The normalized spacial score (nSPS) is 18.3. The molecule has 2 aliphatic heterocycles. The van der Waals surface area contributed by atoms with Crippen LogP contribution in [0.5, 0.6) is 11.6 Å². The lowest BCUT2D eigenvalue weighted by molar-refractivity contribution is 0.254. The third-order valence-corrected chi connectivity index (χ3v) is 7.29. The zero-order valence-corrected chi connectivity index (χ0v) is 20.6. The molecule has 180 valence electrons. The molecule has 0 spiro atoms. The smallest absolute Gasteiger partial charge is 0.331 e. The van der Waals surface area contributed by atoms with Crippen LogP contribution in [0.2, 0.25) is 5.02 Å². The molecule has 5 heterocycles. The summed E-state index contributed by atoms with van der Waals surface area (Å²) in [5.41, 5.74) is 3.64. The SMILES string of the molecule is CC1Cc2c(ncnc2Oc2ccc3c(ccn3C(=O)Nc3nn4c(c3Cl)C(C)(C)CC4)c2)CN1. The first kappa shape index (κ1) is 22.1. The lowest BCUT2D eigenvalue weighted by Gasteiger charge is -2.23. The second-order valence-electron chi connectivity index (χ2n) is 9.90. The van der Waals surface area contributed by atoms with Crippen LogP contribution in [0.15, 0.2) is 36.8 Å². The van der Waals surface area contributed by atoms with Gasteiger partial charge >= 0.3 is 6.03 Å². The molecule has 0 fully saturated rings. The van der Waals surface area contributed by atoms with Gasteiger partial charge in [-0.05, 0) is 44.0 Å². The van der Waals surface area contributed by atoms with Gasteiger partial charge in [0.2, 0.25) is 5.88 Å². The van der Waals surface area contributed by atoms with Gasteiger partial charge in [-0.3, -0.25) is 14.6 Å². The second-order valence-corrected chi connectivity index (χ2v) is 10.3. The van der Waals surface area contributed by atoms with E-state index in [1.54, 1.807) is 10.8 Å². The van der Waals surface area contributed by atoms with E-state index >= 15 is 0 Å². The van der Waals surface area contributed by atoms with E-state index in [-0.39, 0.29) is 11.4 Å². The highest BCUT2D eigenvalue weighted by Crippen LogP contribution is 2.41. The molecule has 1 aromatic carbocycles. The minimum atomic E-state index is -0.323. The van der Waals surface area contributed by atoms with Crippen molar-refractivity contribution >= 4 is 34.4 Å². The number of nitrogens with one attached hydrogen (secondary N) is 2. The zero-order chi connectivity index (χ0) is 24.3. The fourth-order valence-corrected chi connectivity index (χ4v) is 5.43. The Balaban J connectivity index is 1.25. The minimum absolute atomic E-state index is 0.0684. The lowest BCUT2D eigenvalue weighted by Crippen LogP contribution is -2.33. The van der Waals surface area contributed by atoms with Crippen molar-refractivity contribution in [2.45, 2.75) is 58.2 Å². The van der Waals surface area contributed by atoms with Crippen molar-refractivity contribution < 1.29 is 9.53 Å². The van der Waals surface area contributed by atoms with Crippen molar-refractivity contribution in [3.8, 4) is 11.6 Å². The molecule has 2 aliphatic rings. The number of benzene rings is 1. The minimum Gasteiger partial charge on any atom is -0.439 e. The molecule has 10 heteroatoms. The van der Waals surface area contributed by atoms with Gasteiger partial charge in [0.1, 0.15) is 17.1 Å². The zero-order valence-electron chi connectivity index (χ0n) is 19.8. The number of anilines is 1. The maximum absolute atomic E-state index is 13.1. The van der Waals surface area contributed by atoms with Crippen molar-refractivity contribution in [2.75, 3.05) is 5.32 Å². The summed E-state index contributed by atoms with van der Waals surface area (Å²) in [6.45, 7) is 7.90. The molecule has 1 unspecified atom stereocenters. The summed E-state index contributed by atoms with van der Waals surface area (Å²) in [5, 5.41) is 12.2. The van der Waals surface area contributed by atoms with Crippen molar-refractivity contribution in [1.29, 1.82) is 0 Å². The van der Waals surface area contributed by atoms with Gasteiger partial charge in [-0.25, -0.2) is 14.8 Å². The second kappa shape index (κ2) is 8.07. The van der Waals surface area contributed by atoms with E-state index in [0.717, 1.165) is 47.2 Å². The van der Waals surface area contributed by atoms with Crippen molar-refractivity contribution in [2.24, 2.45) is 0 Å². The standard InChI is InChI=1S/C25H26ClN7O2/c1-14-10-17-18(12-27-14)28-13-29-23(17)35-16-4-5-19-15(11-16)6-8-32(19)24(34)30-22-20(26)21-25(2,3)7-9-33(21)31-22/h4-6,8,11,13-14,27H,7,9-10,12H2,1-3H3,(H,30,31,34). The molecular weight excluding hydrogens is 466 g/mol. The first-order chi connectivity index (χ1) is 16.8. The molecule has 35 heavy (non-hydrogen) atoms. The quantitative estimate of drug-likeness (QED) is 0.424. The summed E-state index contributed by atoms with van der Waals surface area (Å²) < 4.78 is 9.58. The molecule has 0 saturated carbocycles. The van der Waals surface area contributed by atoms with Gasteiger partial charge in [-0.15, -0.1) is 0 Å². The third-order valence-electron chi connectivity index (χ3n) is 6.93. The van der Waals surface area contributed by atoms with Gasteiger partial charge < -0.3 is 10.1 Å². The average Bonchev–Trinajstić information content (AvgIpc) is 3.48. The fourth-order valence-electron chi connectivity index (χ4n) is 4.99. The van der Waals surface area contributed by atoms with Crippen LogP contribution in [-0.2, 0) is 24.9 Å². The summed E-state index contributed by atoms with van der Waals surface area (Å²) in [5.74, 6) is 1.61. The maximum Gasteiger partial charge on any atom is 0.331 e. The summed E-state index contributed by atoms with van der Waals surface area (Å²) in [6, 6.07) is 7.49. The van der Waals surface area contributed by atoms with Gasteiger partial charge in [0, 0.05) is 41.7 Å². The van der Waals surface area contributed by atoms with Crippen LogP contribution in [0.3, 0.4) is 0 Å². The summed E-state index contributed by atoms with van der Waals surface area (Å²) in [4.78, 5) is 21.8. The Bertz CT molecular complexity index is 1470. The van der Waals surface area contributed by atoms with Crippen LogP contribution in [-0.4, -0.2) is 36.4 Å². The summed E-state index contributed by atoms with van der Waals surface area (Å²) in [6.07, 6.45) is 5.04. The number of hydrogen-bond donors (Lipinski definition) is 2. The molecule has 1 amide bonds. The molecule has 9 nitrogen and oxygen atoms in total. The Labute approximate surface area is 207 Å². The average molecular weight is 492 g/mol. The number of fused-ring (bicyclic) bond motifs is 3. The van der Waals surface area contributed by atoms with Gasteiger partial charge in [0.15, 0.2) is 5.82 Å². The highest BCUT2D eigenvalue weighted by molar-refractivity contribution is 6.34. The van der Waals surface area contributed by atoms with E-state index in [2.05, 4.69) is 46.5 Å². The molecule has 2 N–H and O–H groups in total. The summed E-state index contributed by atoms with van der Waals surface area (Å²) in [7, 11) is 0. The highest BCUT2D eigenvalue weighted by Gasteiger charge is 2.36. The Kier molecular flexibility index (Phi) is 5.08. The van der Waals surface area contributed by atoms with Crippen molar-refractivity contribution in [1.82, 2.24) is 29.6 Å². The maximum atomic E-state index is 13.1. The molecule has 0 aliphatic carbocycles. The predicted octanol–water partition coefficient (Wildman–Crippen LogP) is 4.87. The van der Waals surface area contributed by atoms with Crippen LogP contribution in [0.25, 0.3) is 10.9 Å². The Morgan fingerprint density at radius 1 is 1.29 bits per heavy atom. The lowest BCUT2D eigenvalue weighted by atomic mass is 9.88. The molecule has 6 rings (SSSR count).